The number of aromatic nitrogens is 1. The summed E-state index contributed by atoms with van der Waals surface area (Å²) in [6.45, 7) is 9.29. The van der Waals surface area contributed by atoms with Gasteiger partial charge in [-0.3, -0.25) is 0 Å². The van der Waals surface area contributed by atoms with Crippen LogP contribution in [-0.4, -0.2) is 4.57 Å². The summed E-state index contributed by atoms with van der Waals surface area (Å²) in [4.78, 5) is 0. The largest absolute Gasteiger partial charge is 0.335 e. The van der Waals surface area contributed by atoms with E-state index in [1.165, 1.54) is 25.7 Å². The number of rotatable bonds is 3. The van der Waals surface area contributed by atoms with Crippen LogP contribution in [0, 0.1) is 10.6 Å². The molecule has 0 aliphatic carbocycles. The highest BCUT2D eigenvalue weighted by atomic mass is 127. The maximum atomic E-state index is 3.97. The minimum absolute atomic E-state index is 1.03. The van der Waals surface area contributed by atoms with Crippen LogP contribution in [0.25, 0.3) is 10.9 Å². The molecule has 84 valence electrons. The Morgan fingerprint density at radius 3 is 2.75 bits per heavy atom. The average molecular weight is 325 g/mol. The van der Waals surface area contributed by atoms with Crippen molar-refractivity contribution in [3.05, 3.63) is 45.7 Å². The monoisotopic (exact) mass is 325 g/mol. The summed E-state index contributed by atoms with van der Waals surface area (Å²) >= 11 is 2.44. The Morgan fingerprint density at radius 1 is 1.38 bits per heavy atom. The van der Waals surface area contributed by atoms with Crippen LogP contribution in [0.15, 0.2) is 36.4 Å². The highest BCUT2D eigenvalue weighted by molar-refractivity contribution is 14.1. The average Bonchev–Trinajstić information content (AvgIpc) is 2.50. The van der Waals surface area contributed by atoms with Crippen LogP contribution in [0.4, 0.5) is 0 Å². The molecule has 0 aliphatic rings. The van der Waals surface area contributed by atoms with Crippen molar-refractivity contribution in [3.63, 3.8) is 0 Å². The summed E-state index contributed by atoms with van der Waals surface area (Å²) in [5, 5.41) is 1.37. The fourth-order valence-electron chi connectivity index (χ4n) is 1.97. The molecule has 0 aliphatic heterocycles. The molecule has 0 atom stereocenters. The summed E-state index contributed by atoms with van der Waals surface area (Å²) in [7, 11) is 0. The third-order valence-corrected chi connectivity index (χ3v) is 4.30. The normalized spacial score (nSPS) is 10.9. The number of hydrogen-bond donors (Lipinski definition) is 0. The van der Waals surface area contributed by atoms with Crippen molar-refractivity contribution in [1.82, 2.24) is 4.57 Å². The van der Waals surface area contributed by atoms with Crippen LogP contribution < -0.4 is 0 Å². The van der Waals surface area contributed by atoms with E-state index in [0.29, 0.717) is 0 Å². The van der Waals surface area contributed by atoms with Crippen LogP contribution in [0.3, 0.4) is 0 Å². The second kappa shape index (κ2) is 4.62. The third kappa shape index (κ3) is 2.03. The molecule has 1 aromatic heterocycles. The molecule has 0 fully saturated rings. The Kier molecular flexibility index (Phi) is 3.38. The molecule has 0 saturated heterocycles. The minimum atomic E-state index is 1.03. The van der Waals surface area contributed by atoms with Crippen molar-refractivity contribution in [1.29, 1.82) is 0 Å². The van der Waals surface area contributed by atoms with Gasteiger partial charge in [0.25, 0.3) is 0 Å². The molecule has 0 saturated carbocycles. The fraction of sp³-hybridized carbons (Fsp3) is 0.286. The van der Waals surface area contributed by atoms with Gasteiger partial charge < -0.3 is 4.57 Å². The van der Waals surface area contributed by atoms with Crippen molar-refractivity contribution in [2.24, 2.45) is 0 Å². The lowest BCUT2D eigenvalue weighted by Gasteiger charge is -2.07. The van der Waals surface area contributed by atoms with E-state index in [1.807, 2.05) is 0 Å². The van der Waals surface area contributed by atoms with Gasteiger partial charge in [0.2, 0.25) is 0 Å². The molecule has 2 heteroatoms. The zero-order valence-electron chi connectivity index (χ0n) is 9.76. The second-order valence-electron chi connectivity index (χ2n) is 4.29. The molecule has 1 nitrogen and oxygen atoms in total. The fourth-order valence-corrected chi connectivity index (χ4v) is 2.76. The molecule has 0 radical (unpaired) electrons. The number of allylic oxidation sites excluding steroid dienone is 1. The van der Waals surface area contributed by atoms with E-state index < -0.39 is 0 Å². The Morgan fingerprint density at radius 2 is 2.06 bits per heavy atom. The Labute approximate surface area is 110 Å². The number of benzene rings is 1. The van der Waals surface area contributed by atoms with Crippen molar-refractivity contribution in [3.8, 4) is 0 Å². The Balaban J connectivity index is 2.51. The Bertz CT molecular complexity index is 537. The molecule has 1 heterocycles. The van der Waals surface area contributed by atoms with E-state index in [4.69, 9.17) is 0 Å². The summed E-state index contributed by atoms with van der Waals surface area (Å²) < 4.78 is 3.74. The lowest BCUT2D eigenvalue weighted by atomic mass is 10.2. The SMILES string of the molecule is C=C(C)CCn1c(I)c(C)c2ccccc21. The van der Waals surface area contributed by atoms with Crippen LogP contribution in [0.5, 0.6) is 0 Å². The number of halogens is 1. The molecule has 2 aromatic rings. The van der Waals surface area contributed by atoms with Gasteiger partial charge in [0.15, 0.2) is 0 Å². The zero-order valence-corrected chi connectivity index (χ0v) is 11.9. The number of aryl methyl sites for hydroxylation is 2. The first-order valence-corrected chi connectivity index (χ1v) is 6.57. The molecule has 2 rings (SSSR count). The van der Waals surface area contributed by atoms with Gasteiger partial charge in [-0.15, -0.1) is 6.58 Å². The predicted molar refractivity (Wildman–Crippen MR) is 78.8 cm³/mol. The van der Waals surface area contributed by atoms with E-state index in [2.05, 4.69) is 71.8 Å². The minimum Gasteiger partial charge on any atom is -0.335 e. The standard InChI is InChI=1S/C14H16IN/c1-10(2)8-9-16-13-7-5-4-6-12(13)11(3)14(16)15/h4-7H,1,8-9H2,2-3H3. The smallest absolute Gasteiger partial charge is 0.0838 e. The first-order chi connectivity index (χ1) is 7.61. The molecule has 16 heavy (non-hydrogen) atoms. The number of fused-ring (bicyclic) bond motifs is 1. The van der Waals surface area contributed by atoms with Gasteiger partial charge in [0, 0.05) is 17.4 Å². The number of hydrogen-bond acceptors (Lipinski definition) is 0. The maximum absolute atomic E-state index is 3.97. The quantitative estimate of drug-likeness (QED) is 0.578. The van der Waals surface area contributed by atoms with Crippen LogP contribution in [0.2, 0.25) is 0 Å². The van der Waals surface area contributed by atoms with E-state index in [-0.39, 0.29) is 0 Å². The summed E-state index contributed by atoms with van der Waals surface area (Å²) in [6, 6.07) is 8.61. The van der Waals surface area contributed by atoms with Crippen molar-refractivity contribution in [2.75, 3.05) is 0 Å². The highest BCUT2D eigenvalue weighted by Crippen LogP contribution is 2.27. The lowest BCUT2D eigenvalue weighted by molar-refractivity contribution is 0.702. The zero-order chi connectivity index (χ0) is 11.7. The molecule has 0 spiro atoms. The second-order valence-corrected chi connectivity index (χ2v) is 5.31. The van der Waals surface area contributed by atoms with Gasteiger partial charge in [-0.05, 0) is 54.5 Å². The summed E-state index contributed by atoms with van der Waals surface area (Å²) in [5.74, 6) is 0. The first kappa shape index (κ1) is 11.7. The molecule has 1 aromatic carbocycles. The lowest BCUT2D eigenvalue weighted by Crippen LogP contribution is -2.00. The molecule has 0 unspecified atom stereocenters. The highest BCUT2D eigenvalue weighted by Gasteiger charge is 2.10. The van der Waals surface area contributed by atoms with E-state index in [0.717, 1.165) is 13.0 Å². The van der Waals surface area contributed by atoms with E-state index in [9.17, 15) is 0 Å². The predicted octanol–water partition coefficient (Wildman–Crippen LogP) is 4.52. The Hall–Kier alpha value is -0.770. The third-order valence-electron chi connectivity index (χ3n) is 2.91. The topological polar surface area (TPSA) is 4.93 Å². The van der Waals surface area contributed by atoms with Gasteiger partial charge in [0.1, 0.15) is 0 Å². The molecular formula is C14H16IN. The van der Waals surface area contributed by atoms with Gasteiger partial charge in [-0.25, -0.2) is 0 Å². The van der Waals surface area contributed by atoms with Gasteiger partial charge in [-0.2, -0.15) is 0 Å². The van der Waals surface area contributed by atoms with Crippen LogP contribution >= 0.6 is 22.6 Å². The van der Waals surface area contributed by atoms with Gasteiger partial charge in [-0.1, -0.05) is 23.8 Å². The van der Waals surface area contributed by atoms with E-state index in [1.54, 1.807) is 0 Å². The van der Waals surface area contributed by atoms with Gasteiger partial charge in [0.05, 0.1) is 3.70 Å². The van der Waals surface area contributed by atoms with E-state index >= 15 is 0 Å². The first-order valence-electron chi connectivity index (χ1n) is 5.49. The van der Waals surface area contributed by atoms with Crippen LogP contribution in [0.1, 0.15) is 18.9 Å². The van der Waals surface area contributed by atoms with Gasteiger partial charge >= 0.3 is 0 Å². The summed E-state index contributed by atoms with van der Waals surface area (Å²) in [5.41, 5.74) is 3.97. The van der Waals surface area contributed by atoms with Crippen LogP contribution in [-0.2, 0) is 6.54 Å². The molecule has 0 N–H and O–H groups in total. The van der Waals surface area contributed by atoms with Crippen molar-refractivity contribution >= 4 is 33.5 Å². The molecule has 0 amide bonds. The maximum Gasteiger partial charge on any atom is 0.0838 e. The summed E-state index contributed by atoms with van der Waals surface area (Å²) in [6.07, 6.45) is 1.05. The molecule has 0 bridgehead atoms. The number of para-hydroxylation sites is 1. The molecular weight excluding hydrogens is 309 g/mol. The number of nitrogens with zero attached hydrogens (tertiary/aromatic N) is 1. The van der Waals surface area contributed by atoms with Crippen molar-refractivity contribution < 1.29 is 0 Å². The van der Waals surface area contributed by atoms with Crippen molar-refractivity contribution in [2.45, 2.75) is 26.8 Å².